The van der Waals surface area contributed by atoms with E-state index in [1.165, 1.54) is 6.20 Å². The highest BCUT2D eigenvalue weighted by atomic mass is 19.2. The Morgan fingerprint density at radius 3 is 2.17 bits per heavy atom. The molecule has 0 spiro atoms. The molecule has 0 aliphatic heterocycles. The molecular weight excluding hydrogens is 160 g/mol. The summed E-state index contributed by atoms with van der Waals surface area (Å²) >= 11 is 0. The number of halogens is 2. The first-order valence-corrected chi connectivity index (χ1v) is 3.72. The predicted molar refractivity (Wildman–Crippen MR) is 42.9 cm³/mol. The topological polar surface area (TPSA) is 12.9 Å². The monoisotopic (exact) mass is 171 g/mol. The van der Waals surface area contributed by atoms with Crippen LogP contribution in [0.4, 0.5) is 8.78 Å². The first-order chi connectivity index (χ1) is 5.43. The Bertz CT molecular complexity index is 289. The summed E-state index contributed by atoms with van der Waals surface area (Å²) in [6.45, 7) is 5.44. The van der Waals surface area contributed by atoms with Crippen LogP contribution in [0.15, 0.2) is 12.4 Å². The number of hydrogen-bond donors (Lipinski definition) is 0. The smallest absolute Gasteiger partial charge is 0.177 e. The number of aromatic nitrogens is 1. The molecule has 0 unspecified atom stereocenters. The van der Waals surface area contributed by atoms with Gasteiger partial charge in [-0.1, -0.05) is 20.8 Å². The van der Waals surface area contributed by atoms with Crippen molar-refractivity contribution in [1.82, 2.24) is 4.98 Å². The normalized spacial score (nSPS) is 11.8. The van der Waals surface area contributed by atoms with Crippen molar-refractivity contribution in [2.45, 2.75) is 26.2 Å². The van der Waals surface area contributed by atoms with Crippen LogP contribution < -0.4 is 0 Å². The van der Waals surface area contributed by atoms with Gasteiger partial charge in [-0.3, -0.25) is 4.98 Å². The maximum atomic E-state index is 13.1. The van der Waals surface area contributed by atoms with Gasteiger partial charge in [-0.2, -0.15) is 0 Å². The van der Waals surface area contributed by atoms with Gasteiger partial charge < -0.3 is 0 Å². The molecule has 1 rings (SSSR count). The first-order valence-electron chi connectivity index (χ1n) is 3.72. The van der Waals surface area contributed by atoms with E-state index in [1.54, 1.807) is 0 Å². The van der Waals surface area contributed by atoms with Gasteiger partial charge in [-0.25, -0.2) is 8.78 Å². The second-order valence-corrected chi connectivity index (χ2v) is 3.73. The second kappa shape index (κ2) is 2.81. The van der Waals surface area contributed by atoms with E-state index in [-0.39, 0.29) is 0 Å². The summed E-state index contributed by atoms with van der Waals surface area (Å²) in [5.74, 6) is -1.68. The van der Waals surface area contributed by atoms with E-state index in [9.17, 15) is 8.78 Å². The highest BCUT2D eigenvalue weighted by Gasteiger charge is 2.20. The molecule has 0 saturated carbocycles. The van der Waals surface area contributed by atoms with Crippen molar-refractivity contribution in [2.75, 3.05) is 0 Å². The Labute approximate surface area is 70.4 Å². The van der Waals surface area contributed by atoms with Crippen LogP contribution in [0.3, 0.4) is 0 Å². The Hall–Kier alpha value is -0.990. The molecular formula is C9H11F2N. The van der Waals surface area contributed by atoms with E-state index in [1.807, 2.05) is 20.8 Å². The summed E-state index contributed by atoms with van der Waals surface area (Å²) < 4.78 is 25.8. The molecule has 0 N–H and O–H groups in total. The highest BCUT2D eigenvalue weighted by molar-refractivity contribution is 5.21. The fraction of sp³-hybridized carbons (Fsp3) is 0.444. The molecule has 1 heterocycles. The Balaban J connectivity index is 3.26. The molecule has 1 aromatic rings. The molecule has 66 valence electrons. The third-order valence-corrected chi connectivity index (χ3v) is 1.65. The second-order valence-electron chi connectivity index (χ2n) is 3.73. The summed E-state index contributed by atoms with van der Waals surface area (Å²) in [5.41, 5.74) is -0.0957. The Kier molecular flexibility index (Phi) is 2.13. The fourth-order valence-corrected chi connectivity index (χ4v) is 0.942. The van der Waals surface area contributed by atoms with Crippen LogP contribution in [0.2, 0.25) is 0 Å². The van der Waals surface area contributed by atoms with Gasteiger partial charge in [0.15, 0.2) is 11.6 Å². The van der Waals surface area contributed by atoms with Gasteiger partial charge in [0.2, 0.25) is 0 Å². The third kappa shape index (κ3) is 1.60. The van der Waals surface area contributed by atoms with Crippen LogP contribution in [0.25, 0.3) is 0 Å². The van der Waals surface area contributed by atoms with Crippen molar-refractivity contribution in [3.8, 4) is 0 Å². The quantitative estimate of drug-likeness (QED) is 0.584. The van der Waals surface area contributed by atoms with Crippen LogP contribution in [0.1, 0.15) is 26.3 Å². The summed E-state index contributed by atoms with van der Waals surface area (Å²) in [6, 6.07) is 0. The van der Waals surface area contributed by atoms with E-state index in [0.29, 0.717) is 5.56 Å². The molecule has 0 aliphatic rings. The minimum atomic E-state index is -0.887. The number of rotatable bonds is 0. The SMILES string of the molecule is CC(C)(C)c1cncc(F)c1F. The molecule has 0 bridgehead atoms. The molecule has 0 fully saturated rings. The zero-order valence-corrected chi connectivity index (χ0v) is 7.36. The molecule has 1 aromatic heterocycles. The minimum Gasteiger partial charge on any atom is -0.261 e. The van der Waals surface area contributed by atoms with Crippen LogP contribution in [-0.4, -0.2) is 4.98 Å². The van der Waals surface area contributed by atoms with Gasteiger partial charge in [0.05, 0.1) is 6.20 Å². The summed E-state index contributed by atoms with van der Waals surface area (Å²) in [4.78, 5) is 3.60. The van der Waals surface area contributed by atoms with Crippen molar-refractivity contribution >= 4 is 0 Å². The maximum Gasteiger partial charge on any atom is 0.177 e. The maximum absolute atomic E-state index is 13.1. The average Bonchev–Trinajstić information content (AvgIpc) is 1.92. The lowest BCUT2D eigenvalue weighted by atomic mass is 9.88. The molecule has 3 heteroatoms. The summed E-state index contributed by atoms with van der Waals surface area (Å²) in [6.07, 6.45) is 2.24. The van der Waals surface area contributed by atoms with Gasteiger partial charge in [-0.05, 0) is 5.41 Å². The average molecular weight is 171 g/mol. The zero-order chi connectivity index (χ0) is 9.35. The van der Waals surface area contributed by atoms with Crippen LogP contribution >= 0.6 is 0 Å². The molecule has 0 aliphatic carbocycles. The van der Waals surface area contributed by atoms with Gasteiger partial charge in [0, 0.05) is 11.8 Å². The van der Waals surface area contributed by atoms with Crippen molar-refractivity contribution in [3.63, 3.8) is 0 Å². The molecule has 0 atom stereocenters. The molecule has 0 aromatic carbocycles. The first kappa shape index (κ1) is 9.10. The van der Waals surface area contributed by atoms with Gasteiger partial charge >= 0.3 is 0 Å². The molecule has 0 radical (unpaired) electrons. The number of hydrogen-bond acceptors (Lipinski definition) is 1. The molecule has 0 amide bonds. The van der Waals surface area contributed by atoms with Crippen molar-refractivity contribution in [3.05, 3.63) is 29.6 Å². The minimum absolute atomic E-state index is 0.308. The van der Waals surface area contributed by atoms with Crippen LogP contribution in [0.5, 0.6) is 0 Å². The Morgan fingerprint density at radius 2 is 1.75 bits per heavy atom. The third-order valence-electron chi connectivity index (χ3n) is 1.65. The molecule has 0 saturated heterocycles. The Morgan fingerprint density at radius 1 is 1.17 bits per heavy atom. The van der Waals surface area contributed by atoms with E-state index >= 15 is 0 Å². The van der Waals surface area contributed by atoms with E-state index in [2.05, 4.69) is 4.98 Å². The largest absolute Gasteiger partial charge is 0.261 e. The van der Waals surface area contributed by atoms with Gasteiger partial charge in [0.25, 0.3) is 0 Å². The van der Waals surface area contributed by atoms with Crippen molar-refractivity contribution < 1.29 is 8.78 Å². The van der Waals surface area contributed by atoms with Crippen LogP contribution in [-0.2, 0) is 5.41 Å². The van der Waals surface area contributed by atoms with E-state index in [4.69, 9.17) is 0 Å². The highest BCUT2D eigenvalue weighted by Crippen LogP contribution is 2.24. The van der Waals surface area contributed by atoms with Crippen molar-refractivity contribution in [1.29, 1.82) is 0 Å². The predicted octanol–water partition coefficient (Wildman–Crippen LogP) is 2.66. The lowest BCUT2D eigenvalue weighted by Crippen LogP contribution is -2.15. The number of nitrogens with zero attached hydrogens (tertiary/aromatic N) is 1. The zero-order valence-electron chi connectivity index (χ0n) is 7.36. The number of pyridine rings is 1. The summed E-state index contributed by atoms with van der Waals surface area (Å²) in [7, 11) is 0. The van der Waals surface area contributed by atoms with Crippen LogP contribution in [0, 0.1) is 11.6 Å². The van der Waals surface area contributed by atoms with E-state index < -0.39 is 17.0 Å². The molecule has 12 heavy (non-hydrogen) atoms. The van der Waals surface area contributed by atoms with Gasteiger partial charge in [-0.15, -0.1) is 0 Å². The lowest BCUT2D eigenvalue weighted by molar-refractivity contribution is 0.459. The van der Waals surface area contributed by atoms with Crippen molar-refractivity contribution in [2.24, 2.45) is 0 Å². The fourth-order valence-electron chi connectivity index (χ4n) is 0.942. The standard InChI is InChI=1S/C9H11F2N/c1-9(2,3)6-4-12-5-7(10)8(6)11/h4-5H,1-3H3. The van der Waals surface area contributed by atoms with Gasteiger partial charge in [0.1, 0.15) is 0 Å². The lowest BCUT2D eigenvalue weighted by Gasteiger charge is -2.18. The van der Waals surface area contributed by atoms with E-state index in [0.717, 1.165) is 6.20 Å². The summed E-state index contributed by atoms with van der Waals surface area (Å²) in [5, 5.41) is 0. The molecule has 1 nitrogen and oxygen atoms in total.